The van der Waals surface area contributed by atoms with E-state index < -0.39 is 17.6 Å². The molecular weight excluding hydrogens is 537 g/mol. The Morgan fingerprint density at radius 2 is 1.70 bits per heavy atom. The summed E-state index contributed by atoms with van der Waals surface area (Å²) in [6, 6.07) is 11.6. The number of hydrogen-bond acceptors (Lipinski definition) is 6. The summed E-state index contributed by atoms with van der Waals surface area (Å²) >= 11 is 6.04. The maximum absolute atomic E-state index is 14.0. The van der Waals surface area contributed by atoms with Crippen LogP contribution in [0.2, 0.25) is 5.02 Å². The molecule has 2 aromatic rings. The molecule has 0 radical (unpaired) electrons. The molecular formula is C29H37ClFN5O4. The molecule has 4 rings (SSSR count). The molecule has 1 aliphatic carbocycles. The van der Waals surface area contributed by atoms with Crippen molar-refractivity contribution < 1.29 is 23.5 Å². The number of nitrogens with zero attached hydrogens (tertiary/aromatic N) is 2. The highest BCUT2D eigenvalue weighted by atomic mass is 35.5. The lowest BCUT2D eigenvalue weighted by Crippen LogP contribution is -2.64. The molecule has 1 heterocycles. The van der Waals surface area contributed by atoms with E-state index in [1.54, 1.807) is 43.3 Å². The summed E-state index contributed by atoms with van der Waals surface area (Å²) in [5, 5.41) is 6.25. The second-order valence-corrected chi connectivity index (χ2v) is 11.0. The van der Waals surface area contributed by atoms with Gasteiger partial charge in [0.1, 0.15) is 11.9 Å². The maximum Gasteiger partial charge on any atom is 0.245 e. The molecule has 2 aliphatic rings. The first-order valence-corrected chi connectivity index (χ1v) is 13.8. The monoisotopic (exact) mass is 573 g/mol. The summed E-state index contributed by atoms with van der Waals surface area (Å²) in [6.45, 7) is 1.45. The third-order valence-corrected chi connectivity index (χ3v) is 7.94. The predicted molar refractivity (Wildman–Crippen MR) is 150 cm³/mol. The van der Waals surface area contributed by atoms with Gasteiger partial charge in [0, 0.05) is 45.2 Å². The van der Waals surface area contributed by atoms with Crippen LogP contribution in [0.3, 0.4) is 0 Å². The first kappa shape index (κ1) is 29.9. The van der Waals surface area contributed by atoms with Gasteiger partial charge in [0.2, 0.25) is 17.7 Å². The van der Waals surface area contributed by atoms with Crippen LogP contribution in [0.25, 0.3) is 0 Å². The molecule has 0 aromatic heterocycles. The number of rotatable bonds is 11. The molecule has 2 aromatic carbocycles. The van der Waals surface area contributed by atoms with Crippen molar-refractivity contribution in [3.8, 4) is 0 Å². The van der Waals surface area contributed by atoms with Crippen molar-refractivity contribution in [3.63, 3.8) is 0 Å². The molecule has 11 heteroatoms. The van der Waals surface area contributed by atoms with E-state index >= 15 is 0 Å². The highest BCUT2D eigenvalue weighted by molar-refractivity contribution is 6.30. The van der Waals surface area contributed by atoms with E-state index in [4.69, 9.17) is 22.1 Å². The Bertz CT molecular complexity index is 1190. The van der Waals surface area contributed by atoms with Crippen molar-refractivity contribution >= 4 is 29.3 Å². The maximum atomic E-state index is 14.0. The minimum atomic E-state index is -0.950. The Morgan fingerprint density at radius 1 is 1.07 bits per heavy atom. The van der Waals surface area contributed by atoms with E-state index in [-0.39, 0.29) is 42.6 Å². The fourth-order valence-electron chi connectivity index (χ4n) is 5.11. The number of piperazine rings is 1. The number of carbonyl (C=O) groups is 3. The highest BCUT2D eigenvalue weighted by Crippen LogP contribution is 2.32. The number of likely N-dealkylation sites (N-methyl/N-ethyl adjacent to an activating group) is 1. The van der Waals surface area contributed by atoms with Gasteiger partial charge in [0.25, 0.3) is 0 Å². The van der Waals surface area contributed by atoms with E-state index in [0.29, 0.717) is 49.5 Å². The van der Waals surface area contributed by atoms with Crippen LogP contribution in [0.15, 0.2) is 48.5 Å². The van der Waals surface area contributed by atoms with Crippen LogP contribution in [-0.4, -0.2) is 91.6 Å². The van der Waals surface area contributed by atoms with Crippen molar-refractivity contribution in [2.24, 2.45) is 5.73 Å². The van der Waals surface area contributed by atoms with E-state index in [0.717, 1.165) is 5.56 Å². The van der Waals surface area contributed by atoms with E-state index in [1.165, 1.54) is 12.1 Å². The van der Waals surface area contributed by atoms with Gasteiger partial charge in [0.15, 0.2) is 0 Å². The number of benzene rings is 2. The van der Waals surface area contributed by atoms with E-state index in [9.17, 15) is 18.8 Å². The molecule has 1 saturated heterocycles. The van der Waals surface area contributed by atoms with Crippen LogP contribution >= 0.6 is 11.6 Å². The third-order valence-electron chi connectivity index (χ3n) is 7.69. The molecule has 4 N–H and O–H groups in total. The SMILES string of the molecule is CNC(=O)C(Cc1ccc(Cl)cc1)N1CCN(C(=O)C(Cc2ccc(F)cc2)NC(=O)C2(N)CC2)C(COC)C1. The Kier molecular flexibility index (Phi) is 9.78. The van der Waals surface area contributed by atoms with E-state index in [2.05, 4.69) is 15.5 Å². The average Bonchev–Trinajstić information content (AvgIpc) is 3.71. The van der Waals surface area contributed by atoms with Crippen LogP contribution in [0.4, 0.5) is 4.39 Å². The van der Waals surface area contributed by atoms with Crippen LogP contribution in [0, 0.1) is 5.82 Å². The summed E-state index contributed by atoms with van der Waals surface area (Å²) in [7, 11) is 3.17. The molecule has 0 spiro atoms. The first-order valence-electron chi connectivity index (χ1n) is 13.5. The summed E-state index contributed by atoms with van der Waals surface area (Å²) in [5.41, 5.74) is 6.85. The predicted octanol–water partition coefficient (Wildman–Crippen LogP) is 1.51. The van der Waals surface area contributed by atoms with Gasteiger partial charge < -0.3 is 26.0 Å². The zero-order valence-corrected chi connectivity index (χ0v) is 23.6. The summed E-state index contributed by atoms with van der Waals surface area (Å²) in [4.78, 5) is 43.5. The van der Waals surface area contributed by atoms with Gasteiger partial charge in [-0.1, -0.05) is 35.9 Å². The summed E-state index contributed by atoms with van der Waals surface area (Å²) in [5.74, 6) is -1.13. The third kappa shape index (κ3) is 7.37. The number of amides is 3. The van der Waals surface area contributed by atoms with Gasteiger partial charge >= 0.3 is 0 Å². The average molecular weight is 574 g/mol. The lowest BCUT2D eigenvalue weighted by atomic mass is 9.99. The Balaban J connectivity index is 1.53. The lowest BCUT2D eigenvalue weighted by molar-refractivity contribution is -0.144. The number of hydrogen-bond donors (Lipinski definition) is 3. The summed E-state index contributed by atoms with van der Waals surface area (Å²) in [6.07, 6.45) is 1.80. The fraction of sp³-hybridized carbons (Fsp3) is 0.483. The van der Waals surface area contributed by atoms with Crippen molar-refractivity contribution in [2.75, 3.05) is 40.4 Å². The van der Waals surface area contributed by atoms with Gasteiger partial charge in [-0.3, -0.25) is 19.3 Å². The molecule has 9 nitrogen and oxygen atoms in total. The molecule has 3 amide bonds. The number of carbonyl (C=O) groups excluding carboxylic acids is 3. The second-order valence-electron chi connectivity index (χ2n) is 10.6. The van der Waals surface area contributed by atoms with Crippen molar-refractivity contribution in [3.05, 3.63) is 70.5 Å². The van der Waals surface area contributed by atoms with E-state index in [1.807, 2.05) is 12.1 Å². The van der Waals surface area contributed by atoms with Crippen molar-refractivity contribution in [1.82, 2.24) is 20.4 Å². The van der Waals surface area contributed by atoms with Crippen molar-refractivity contribution in [1.29, 1.82) is 0 Å². The Morgan fingerprint density at radius 3 is 2.30 bits per heavy atom. The number of nitrogens with one attached hydrogen (secondary N) is 2. The quantitative estimate of drug-likeness (QED) is 0.375. The standard InChI is InChI=1S/C29H37ClFN5O4/c1-33-26(37)25(16-20-3-7-21(30)8-4-20)35-13-14-36(23(17-35)18-40-2)27(38)24(34-28(39)29(32)11-12-29)15-19-5-9-22(31)10-6-19/h3-10,23-25H,11-18,32H2,1-2H3,(H,33,37)(H,34,39). The molecule has 3 atom stereocenters. The number of ether oxygens (including phenoxy) is 1. The van der Waals surface area contributed by atoms with Gasteiger partial charge in [-0.15, -0.1) is 0 Å². The van der Waals surface area contributed by atoms with Crippen LogP contribution in [0.1, 0.15) is 24.0 Å². The zero-order valence-electron chi connectivity index (χ0n) is 22.9. The first-order chi connectivity index (χ1) is 19.1. The molecule has 216 valence electrons. The molecule has 40 heavy (non-hydrogen) atoms. The second kappa shape index (κ2) is 13.1. The fourth-order valence-corrected chi connectivity index (χ4v) is 5.23. The van der Waals surface area contributed by atoms with Crippen LogP contribution in [-0.2, 0) is 32.0 Å². The van der Waals surface area contributed by atoms with Crippen LogP contribution < -0.4 is 16.4 Å². The summed E-state index contributed by atoms with van der Waals surface area (Å²) < 4.78 is 19.0. The normalized spacial score (nSPS) is 19.9. The van der Waals surface area contributed by atoms with Gasteiger partial charge in [0.05, 0.1) is 24.2 Å². The lowest BCUT2D eigenvalue weighted by Gasteiger charge is -2.44. The highest BCUT2D eigenvalue weighted by Gasteiger charge is 2.47. The minimum Gasteiger partial charge on any atom is -0.382 e. The Labute approximate surface area is 239 Å². The molecule has 2 fully saturated rings. The molecule has 3 unspecified atom stereocenters. The topological polar surface area (TPSA) is 117 Å². The number of nitrogens with two attached hydrogens (primary N) is 1. The largest absolute Gasteiger partial charge is 0.382 e. The Hall–Kier alpha value is -3.05. The molecule has 1 aliphatic heterocycles. The molecule has 1 saturated carbocycles. The molecule has 0 bridgehead atoms. The zero-order chi connectivity index (χ0) is 28.9. The van der Waals surface area contributed by atoms with Gasteiger partial charge in [-0.2, -0.15) is 0 Å². The van der Waals surface area contributed by atoms with Gasteiger partial charge in [-0.25, -0.2) is 4.39 Å². The van der Waals surface area contributed by atoms with Crippen LogP contribution in [0.5, 0.6) is 0 Å². The van der Waals surface area contributed by atoms with Gasteiger partial charge in [-0.05, 0) is 54.7 Å². The smallest absolute Gasteiger partial charge is 0.245 e. The van der Waals surface area contributed by atoms with Crippen molar-refractivity contribution in [2.45, 2.75) is 49.3 Å². The number of halogens is 2. The minimum absolute atomic E-state index is 0.120. The number of methoxy groups -OCH3 is 1.